The molecule has 0 heterocycles. The van der Waals surface area contributed by atoms with Gasteiger partial charge in [-0.05, 0) is 25.7 Å². The van der Waals surface area contributed by atoms with Gasteiger partial charge in [0.05, 0.1) is 0 Å². The molecule has 0 radical (unpaired) electrons. The van der Waals surface area contributed by atoms with E-state index >= 15 is 0 Å². The van der Waals surface area contributed by atoms with Crippen molar-refractivity contribution in [1.29, 1.82) is 0 Å². The maximum Gasteiger partial charge on any atom is 0.323 e. The highest BCUT2D eigenvalue weighted by atomic mass is 19.2. The Kier molecular flexibility index (Phi) is 4.75. The molecule has 20 heavy (non-hydrogen) atoms. The molecule has 1 rings (SSSR count). The van der Waals surface area contributed by atoms with Crippen LogP contribution in [0.15, 0.2) is 6.07 Å². The van der Waals surface area contributed by atoms with Crippen molar-refractivity contribution >= 4 is 5.97 Å². The molecule has 0 aliphatic rings. The molecule has 0 saturated carbocycles. The molecule has 0 saturated heterocycles. The second kappa shape index (κ2) is 5.78. The largest absolute Gasteiger partial charge is 0.480 e. The minimum Gasteiger partial charge on any atom is -0.480 e. The summed E-state index contributed by atoms with van der Waals surface area (Å²) in [7, 11) is 0. The van der Waals surface area contributed by atoms with Crippen LogP contribution in [0, 0.1) is 23.3 Å². The lowest BCUT2D eigenvalue weighted by Crippen LogP contribution is -2.46. The standard InChI is InChI=1S/C13H15F4NO2/c1-3-6(5-13(2,18)12(19)20)9-7(14)4-8(15)10(16)11(9)17/h4,6H,3,5,18H2,1-2H3,(H,19,20). The predicted molar refractivity (Wildman–Crippen MR) is 64.2 cm³/mol. The van der Waals surface area contributed by atoms with Gasteiger partial charge >= 0.3 is 5.97 Å². The van der Waals surface area contributed by atoms with Gasteiger partial charge in [-0.3, -0.25) is 4.79 Å². The smallest absolute Gasteiger partial charge is 0.323 e. The van der Waals surface area contributed by atoms with E-state index in [9.17, 15) is 22.4 Å². The molecule has 0 amide bonds. The number of nitrogens with two attached hydrogens (primary N) is 1. The van der Waals surface area contributed by atoms with Gasteiger partial charge < -0.3 is 10.8 Å². The average Bonchev–Trinajstić information content (AvgIpc) is 2.34. The molecule has 1 aromatic rings. The lowest BCUT2D eigenvalue weighted by atomic mass is 9.83. The Morgan fingerprint density at radius 3 is 2.30 bits per heavy atom. The number of rotatable bonds is 5. The molecule has 3 nitrogen and oxygen atoms in total. The molecule has 0 bridgehead atoms. The summed E-state index contributed by atoms with van der Waals surface area (Å²) in [6, 6.07) is 0.241. The van der Waals surface area contributed by atoms with Gasteiger partial charge in [-0.2, -0.15) is 0 Å². The first-order valence-corrected chi connectivity index (χ1v) is 5.97. The van der Waals surface area contributed by atoms with Crippen molar-refractivity contribution in [2.45, 2.75) is 38.1 Å². The van der Waals surface area contributed by atoms with Crippen LogP contribution in [0.5, 0.6) is 0 Å². The number of carboxylic acid groups (broad SMARTS) is 1. The zero-order valence-electron chi connectivity index (χ0n) is 11.0. The molecule has 7 heteroatoms. The fourth-order valence-electron chi connectivity index (χ4n) is 2.00. The number of carboxylic acids is 1. The molecule has 0 aromatic heterocycles. The number of hydrogen-bond donors (Lipinski definition) is 2. The topological polar surface area (TPSA) is 63.3 Å². The number of carbonyl (C=O) groups is 1. The Morgan fingerprint density at radius 2 is 1.85 bits per heavy atom. The van der Waals surface area contributed by atoms with Crippen LogP contribution >= 0.6 is 0 Å². The Morgan fingerprint density at radius 1 is 1.30 bits per heavy atom. The van der Waals surface area contributed by atoms with Crippen molar-refractivity contribution in [1.82, 2.24) is 0 Å². The van der Waals surface area contributed by atoms with Crippen molar-refractivity contribution in [3.63, 3.8) is 0 Å². The third-order valence-corrected chi connectivity index (χ3v) is 3.21. The zero-order chi connectivity index (χ0) is 15.7. The van der Waals surface area contributed by atoms with Gasteiger partial charge in [0.15, 0.2) is 17.5 Å². The van der Waals surface area contributed by atoms with E-state index in [-0.39, 0.29) is 18.9 Å². The lowest BCUT2D eigenvalue weighted by Gasteiger charge is -2.26. The second-order valence-electron chi connectivity index (χ2n) is 4.91. The molecule has 0 aliphatic carbocycles. The maximum atomic E-state index is 13.7. The molecule has 0 spiro atoms. The van der Waals surface area contributed by atoms with E-state index in [0.717, 1.165) is 0 Å². The Balaban J connectivity index is 3.27. The van der Waals surface area contributed by atoms with Gasteiger partial charge in [-0.15, -0.1) is 0 Å². The summed E-state index contributed by atoms with van der Waals surface area (Å²) in [6.07, 6.45) is -0.184. The average molecular weight is 293 g/mol. The Labute approximate surface area is 113 Å². The molecule has 1 aromatic carbocycles. The van der Waals surface area contributed by atoms with E-state index in [4.69, 9.17) is 10.8 Å². The maximum absolute atomic E-state index is 13.7. The van der Waals surface area contributed by atoms with Gasteiger partial charge in [-0.1, -0.05) is 6.92 Å². The summed E-state index contributed by atoms with van der Waals surface area (Å²) in [4.78, 5) is 10.9. The molecule has 0 aliphatic heterocycles. The molecular weight excluding hydrogens is 278 g/mol. The highest BCUT2D eigenvalue weighted by Crippen LogP contribution is 2.33. The Bertz CT molecular complexity index is 532. The number of aliphatic carboxylic acids is 1. The summed E-state index contributed by atoms with van der Waals surface area (Å²) >= 11 is 0. The number of benzene rings is 1. The summed E-state index contributed by atoms with van der Waals surface area (Å²) in [5.74, 6) is -8.64. The summed E-state index contributed by atoms with van der Waals surface area (Å²) in [5, 5.41) is 8.92. The van der Waals surface area contributed by atoms with E-state index in [2.05, 4.69) is 0 Å². The van der Waals surface area contributed by atoms with E-state index in [1.54, 1.807) is 6.92 Å². The normalized spacial score (nSPS) is 15.8. The zero-order valence-corrected chi connectivity index (χ0v) is 11.0. The van der Waals surface area contributed by atoms with Crippen molar-refractivity contribution in [2.24, 2.45) is 5.73 Å². The van der Waals surface area contributed by atoms with Crippen LogP contribution in [0.3, 0.4) is 0 Å². The van der Waals surface area contributed by atoms with E-state index in [1.807, 2.05) is 0 Å². The van der Waals surface area contributed by atoms with E-state index < -0.39 is 46.3 Å². The van der Waals surface area contributed by atoms with Crippen molar-refractivity contribution in [3.05, 3.63) is 34.9 Å². The van der Waals surface area contributed by atoms with Crippen LogP contribution in [0.2, 0.25) is 0 Å². The monoisotopic (exact) mass is 293 g/mol. The van der Waals surface area contributed by atoms with Crippen LogP contribution in [0.25, 0.3) is 0 Å². The quantitative estimate of drug-likeness (QED) is 0.498. The molecule has 2 atom stereocenters. The predicted octanol–water partition coefficient (Wildman–Crippen LogP) is 2.93. The van der Waals surface area contributed by atoms with Crippen molar-refractivity contribution in [3.8, 4) is 0 Å². The van der Waals surface area contributed by atoms with Crippen LogP contribution in [-0.2, 0) is 4.79 Å². The fraction of sp³-hybridized carbons (Fsp3) is 0.462. The summed E-state index contributed by atoms with van der Waals surface area (Å²) < 4.78 is 53.4. The van der Waals surface area contributed by atoms with Gasteiger partial charge in [0.2, 0.25) is 0 Å². The van der Waals surface area contributed by atoms with Crippen LogP contribution in [-0.4, -0.2) is 16.6 Å². The third kappa shape index (κ3) is 3.09. The molecular formula is C13H15F4NO2. The fourth-order valence-corrected chi connectivity index (χ4v) is 2.00. The van der Waals surface area contributed by atoms with Crippen LogP contribution < -0.4 is 5.73 Å². The van der Waals surface area contributed by atoms with Gasteiger partial charge in [0.1, 0.15) is 11.4 Å². The van der Waals surface area contributed by atoms with E-state index in [1.165, 1.54) is 6.92 Å². The van der Waals surface area contributed by atoms with E-state index in [0.29, 0.717) is 0 Å². The third-order valence-electron chi connectivity index (χ3n) is 3.21. The van der Waals surface area contributed by atoms with Crippen molar-refractivity contribution < 1.29 is 27.5 Å². The van der Waals surface area contributed by atoms with Crippen LogP contribution in [0.4, 0.5) is 17.6 Å². The summed E-state index contributed by atoms with van der Waals surface area (Å²) in [5.41, 5.74) is 3.12. The van der Waals surface area contributed by atoms with Gasteiger partial charge in [-0.25, -0.2) is 17.6 Å². The van der Waals surface area contributed by atoms with Gasteiger partial charge in [0.25, 0.3) is 0 Å². The van der Waals surface area contributed by atoms with Crippen LogP contribution in [0.1, 0.15) is 38.2 Å². The first kappa shape index (κ1) is 16.4. The molecule has 112 valence electrons. The molecule has 2 unspecified atom stereocenters. The first-order chi connectivity index (χ1) is 9.11. The highest BCUT2D eigenvalue weighted by molar-refractivity contribution is 5.77. The molecule has 3 N–H and O–H groups in total. The number of halogens is 4. The minimum atomic E-state index is -1.78. The summed E-state index contributed by atoms with van der Waals surface area (Å²) in [6.45, 7) is 2.73. The van der Waals surface area contributed by atoms with Gasteiger partial charge in [0, 0.05) is 11.6 Å². The first-order valence-electron chi connectivity index (χ1n) is 5.97. The molecule has 0 fully saturated rings. The highest BCUT2D eigenvalue weighted by Gasteiger charge is 2.34. The Hall–Kier alpha value is -1.63. The SMILES string of the molecule is CCC(CC(C)(N)C(=O)O)c1c(F)cc(F)c(F)c1F. The lowest BCUT2D eigenvalue weighted by molar-refractivity contribution is -0.143. The number of hydrogen-bond acceptors (Lipinski definition) is 2. The minimum absolute atomic E-state index is 0.124. The van der Waals surface area contributed by atoms with Crippen molar-refractivity contribution in [2.75, 3.05) is 0 Å². The second-order valence-corrected chi connectivity index (χ2v) is 4.91.